The first-order valence-corrected chi connectivity index (χ1v) is 10.9. The lowest BCUT2D eigenvalue weighted by atomic mass is 9.97. The number of amides is 1. The van der Waals surface area contributed by atoms with E-state index in [1.807, 2.05) is 6.07 Å². The summed E-state index contributed by atoms with van der Waals surface area (Å²) in [5.74, 6) is -0.650. The Morgan fingerprint density at radius 3 is 2.38 bits per heavy atom. The predicted octanol–water partition coefficient (Wildman–Crippen LogP) is 4.20. The minimum atomic E-state index is -0.730. The molecule has 0 heterocycles. The summed E-state index contributed by atoms with van der Waals surface area (Å²) < 4.78 is 29.5. The normalized spacial score (nSPS) is 15.1. The van der Waals surface area contributed by atoms with Crippen molar-refractivity contribution in [3.8, 4) is 5.75 Å². The third kappa shape index (κ3) is 6.53. The first-order valence-electron chi connectivity index (χ1n) is 10.9. The lowest BCUT2D eigenvalue weighted by molar-refractivity contribution is -0.159. The summed E-state index contributed by atoms with van der Waals surface area (Å²) in [7, 11) is 2.84. The maximum absolute atomic E-state index is 13.1. The van der Waals surface area contributed by atoms with Crippen molar-refractivity contribution in [1.29, 1.82) is 0 Å². The summed E-state index contributed by atoms with van der Waals surface area (Å²) in [4.78, 5) is 25.2. The molecule has 1 atom stereocenters. The van der Waals surface area contributed by atoms with Gasteiger partial charge in [0.05, 0.1) is 25.9 Å². The number of esters is 1. The number of carbonyl (C=O) groups excluding carboxylic acids is 2. The lowest BCUT2D eigenvalue weighted by Gasteiger charge is -2.26. The molecule has 0 aromatic heterocycles. The highest BCUT2D eigenvalue weighted by atomic mass is 19.1. The highest BCUT2D eigenvalue weighted by Crippen LogP contribution is 2.25. The van der Waals surface area contributed by atoms with Crippen LogP contribution in [-0.4, -0.2) is 38.3 Å². The Balaban J connectivity index is 1.71. The molecular weight excluding hydrogens is 413 g/mol. The summed E-state index contributed by atoms with van der Waals surface area (Å²) in [6.07, 6.45) is 4.87. The number of ether oxygens (including phenoxy) is 3. The molecular formula is C25H30FNO5. The molecule has 0 radical (unpaired) electrons. The number of halogens is 1. The van der Waals surface area contributed by atoms with Gasteiger partial charge in [0.15, 0.2) is 6.10 Å². The van der Waals surface area contributed by atoms with Crippen molar-refractivity contribution < 1.29 is 28.2 Å². The van der Waals surface area contributed by atoms with E-state index in [1.165, 1.54) is 32.8 Å². The highest BCUT2D eigenvalue weighted by Gasteiger charge is 2.26. The summed E-state index contributed by atoms with van der Waals surface area (Å²) in [5, 5.41) is 2.83. The van der Waals surface area contributed by atoms with E-state index in [-0.39, 0.29) is 24.4 Å². The Morgan fingerprint density at radius 1 is 1.03 bits per heavy atom. The van der Waals surface area contributed by atoms with Crippen LogP contribution in [0, 0.1) is 5.82 Å². The van der Waals surface area contributed by atoms with E-state index in [4.69, 9.17) is 14.2 Å². The molecule has 1 saturated carbocycles. The molecule has 3 rings (SSSR count). The number of nitrogens with one attached hydrogen (secondary N) is 1. The monoisotopic (exact) mass is 443 g/mol. The molecule has 172 valence electrons. The minimum Gasteiger partial charge on any atom is -0.496 e. The van der Waals surface area contributed by atoms with Crippen LogP contribution in [0.5, 0.6) is 5.75 Å². The van der Waals surface area contributed by atoms with Crippen molar-refractivity contribution in [3.05, 3.63) is 65.0 Å². The van der Waals surface area contributed by atoms with Crippen LogP contribution in [0.25, 0.3) is 0 Å². The average Bonchev–Trinajstić information content (AvgIpc) is 2.83. The molecule has 1 aliphatic carbocycles. The molecule has 1 amide bonds. The molecule has 1 N–H and O–H groups in total. The summed E-state index contributed by atoms with van der Waals surface area (Å²) in [5.41, 5.74) is 1.90. The number of carbonyl (C=O) groups is 2. The molecule has 0 saturated heterocycles. The van der Waals surface area contributed by atoms with Crippen molar-refractivity contribution in [2.75, 3.05) is 14.2 Å². The van der Waals surface area contributed by atoms with Crippen LogP contribution in [0.4, 0.5) is 4.39 Å². The van der Waals surface area contributed by atoms with Crippen LogP contribution in [0.15, 0.2) is 42.5 Å². The van der Waals surface area contributed by atoms with Gasteiger partial charge in [-0.3, -0.25) is 4.79 Å². The van der Waals surface area contributed by atoms with Gasteiger partial charge in [0.1, 0.15) is 11.6 Å². The van der Waals surface area contributed by atoms with Crippen LogP contribution in [0.3, 0.4) is 0 Å². The summed E-state index contributed by atoms with van der Waals surface area (Å²) >= 11 is 0. The molecule has 2 aromatic carbocycles. The van der Waals surface area contributed by atoms with E-state index >= 15 is 0 Å². The number of rotatable bonds is 9. The second kappa shape index (κ2) is 11.6. The lowest BCUT2D eigenvalue weighted by Crippen LogP contribution is -2.33. The van der Waals surface area contributed by atoms with Crippen molar-refractivity contribution in [1.82, 2.24) is 5.32 Å². The smallest absolute Gasteiger partial charge is 0.335 e. The zero-order chi connectivity index (χ0) is 22.9. The van der Waals surface area contributed by atoms with E-state index in [1.54, 1.807) is 24.3 Å². The van der Waals surface area contributed by atoms with Crippen LogP contribution in [-0.2, 0) is 27.2 Å². The largest absolute Gasteiger partial charge is 0.496 e. The number of benzene rings is 2. The Kier molecular flexibility index (Phi) is 8.62. The Hall–Kier alpha value is -2.93. The molecule has 6 nitrogen and oxygen atoms in total. The van der Waals surface area contributed by atoms with Gasteiger partial charge in [-0.15, -0.1) is 0 Å². The van der Waals surface area contributed by atoms with E-state index in [2.05, 4.69) is 5.32 Å². The second-order valence-electron chi connectivity index (χ2n) is 7.96. The Morgan fingerprint density at radius 2 is 1.72 bits per heavy atom. The van der Waals surface area contributed by atoms with Gasteiger partial charge in [0.2, 0.25) is 0 Å². The Labute approximate surface area is 188 Å². The number of hydrogen-bond acceptors (Lipinski definition) is 5. The summed E-state index contributed by atoms with van der Waals surface area (Å²) in [6.45, 7) is 0.252. The average molecular weight is 444 g/mol. The van der Waals surface area contributed by atoms with Gasteiger partial charge in [-0.2, -0.15) is 0 Å². The molecule has 0 spiro atoms. The van der Waals surface area contributed by atoms with Gasteiger partial charge in [-0.25, -0.2) is 9.18 Å². The van der Waals surface area contributed by atoms with Crippen LogP contribution < -0.4 is 10.1 Å². The molecule has 1 aliphatic rings. The molecule has 1 unspecified atom stereocenters. The standard InChI is InChI=1S/C25H30FNO5/c1-30-22-13-10-18(15-23(25(29)31-2)32-20-6-4-3-5-7-20)14-21(22)24(28)27-16-17-8-11-19(26)12-9-17/h8-14,20,23H,3-7,15-16H2,1-2H3,(H,27,28). The molecule has 1 fully saturated rings. The quantitative estimate of drug-likeness (QED) is 0.588. The van der Waals surface area contributed by atoms with Crippen molar-refractivity contribution in [3.63, 3.8) is 0 Å². The number of methoxy groups -OCH3 is 2. The fourth-order valence-corrected chi connectivity index (χ4v) is 3.91. The zero-order valence-electron chi connectivity index (χ0n) is 18.6. The highest BCUT2D eigenvalue weighted by molar-refractivity contribution is 5.97. The van der Waals surface area contributed by atoms with Crippen LogP contribution >= 0.6 is 0 Å². The molecule has 0 bridgehead atoms. The molecule has 2 aromatic rings. The first kappa shape index (κ1) is 23.7. The van der Waals surface area contributed by atoms with Crippen molar-refractivity contribution in [2.45, 2.75) is 57.3 Å². The van der Waals surface area contributed by atoms with Crippen molar-refractivity contribution >= 4 is 11.9 Å². The van der Waals surface area contributed by atoms with Gasteiger partial charge >= 0.3 is 5.97 Å². The predicted molar refractivity (Wildman–Crippen MR) is 118 cm³/mol. The molecule has 0 aliphatic heterocycles. The third-order valence-corrected chi connectivity index (χ3v) is 5.67. The minimum absolute atomic E-state index is 0.0459. The van der Waals surface area contributed by atoms with Gasteiger partial charge in [-0.05, 0) is 48.2 Å². The van der Waals surface area contributed by atoms with E-state index < -0.39 is 12.1 Å². The van der Waals surface area contributed by atoms with Gasteiger partial charge in [-0.1, -0.05) is 37.5 Å². The topological polar surface area (TPSA) is 73.9 Å². The fraction of sp³-hybridized carbons (Fsp3) is 0.440. The van der Waals surface area contributed by atoms with Crippen LogP contribution in [0.1, 0.15) is 53.6 Å². The maximum atomic E-state index is 13.1. The molecule has 32 heavy (non-hydrogen) atoms. The maximum Gasteiger partial charge on any atom is 0.335 e. The van der Waals surface area contributed by atoms with Crippen LogP contribution in [0.2, 0.25) is 0 Å². The molecule has 7 heteroatoms. The van der Waals surface area contributed by atoms with E-state index in [0.29, 0.717) is 17.7 Å². The van der Waals surface area contributed by atoms with E-state index in [9.17, 15) is 14.0 Å². The third-order valence-electron chi connectivity index (χ3n) is 5.67. The van der Waals surface area contributed by atoms with E-state index in [0.717, 1.165) is 36.8 Å². The SMILES string of the molecule is COC(=O)C(Cc1ccc(OC)c(C(=O)NCc2ccc(F)cc2)c1)OC1CCCCC1. The van der Waals surface area contributed by atoms with Crippen molar-refractivity contribution in [2.24, 2.45) is 0 Å². The fourth-order valence-electron chi connectivity index (χ4n) is 3.91. The Bertz CT molecular complexity index is 909. The van der Waals surface area contributed by atoms with Gasteiger partial charge in [0.25, 0.3) is 5.91 Å². The van der Waals surface area contributed by atoms with Gasteiger partial charge in [0, 0.05) is 13.0 Å². The summed E-state index contributed by atoms with van der Waals surface area (Å²) in [6, 6.07) is 11.2. The number of hydrogen-bond donors (Lipinski definition) is 1. The second-order valence-corrected chi connectivity index (χ2v) is 7.96. The zero-order valence-corrected chi connectivity index (χ0v) is 18.6. The first-order chi connectivity index (χ1) is 15.5. The van der Waals surface area contributed by atoms with Gasteiger partial charge < -0.3 is 19.5 Å².